The number of benzene rings is 1. The van der Waals surface area contributed by atoms with Crippen LogP contribution in [0.25, 0.3) is 10.9 Å². The second-order valence-corrected chi connectivity index (χ2v) is 6.56. The molecule has 2 aromatic rings. The molecule has 128 valence electrons. The number of aliphatic carboxylic acids is 1. The lowest BCUT2D eigenvalue weighted by molar-refractivity contribution is -0.149. The summed E-state index contributed by atoms with van der Waals surface area (Å²) >= 11 is 0. The Bertz CT molecular complexity index is 777. The third kappa shape index (κ3) is 2.55. The molecule has 2 heterocycles. The summed E-state index contributed by atoms with van der Waals surface area (Å²) in [5.74, 6) is -0.619. The third-order valence-corrected chi connectivity index (χ3v) is 5.22. The van der Waals surface area contributed by atoms with Gasteiger partial charge in [0.2, 0.25) is 0 Å². The number of carboxylic acid groups (broad SMARTS) is 1. The summed E-state index contributed by atoms with van der Waals surface area (Å²) in [4.78, 5) is 15.0. The number of aromatic nitrogens is 1. The number of H-pyrrole nitrogens is 1. The van der Waals surface area contributed by atoms with Crippen LogP contribution in [-0.4, -0.2) is 22.7 Å². The zero-order valence-corrected chi connectivity index (χ0v) is 14.4. The van der Waals surface area contributed by atoms with Gasteiger partial charge in [0.05, 0.1) is 18.7 Å². The van der Waals surface area contributed by atoms with Crippen LogP contribution in [0.5, 0.6) is 0 Å². The molecule has 0 radical (unpaired) electrons. The van der Waals surface area contributed by atoms with Crippen LogP contribution in [0.15, 0.2) is 30.9 Å². The maximum Gasteiger partial charge on any atom is 0.306 e. The zero-order valence-electron chi connectivity index (χ0n) is 14.4. The summed E-state index contributed by atoms with van der Waals surface area (Å²) in [5.41, 5.74) is 3.76. The lowest BCUT2D eigenvalue weighted by Crippen LogP contribution is -2.38. The molecular formula is C20H25NO3. The average Bonchev–Trinajstić information content (AvgIpc) is 2.97. The summed E-state index contributed by atoms with van der Waals surface area (Å²) < 4.78 is 6.16. The predicted octanol–water partition coefficient (Wildman–Crippen LogP) is 4.50. The highest BCUT2D eigenvalue weighted by molar-refractivity contribution is 5.89. The highest BCUT2D eigenvalue weighted by atomic mass is 16.5. The highest BCUT2D eigenvalue weighted by Gasteiger charge is 2.43. The van der Waals surface area contributed by atoms with Gasteiger partial charge in [-0.1, -0.05) is 38.1 Å². The van der Waals surface area contributed by atoms with E-state index >= 15 is 0 Å². The fourth-order valence-corrected chi connectivity index (χ4v) is 3.97. The number of fused-ring (bicyclic) bond motifs is 3. The van der Waals surface area contributed by atoms with Gasteiger partial charge >= 0.3 is 5.97 Å². The van der Waals surface area contributed by atoms with Gasteiger partial charge in [-0.2, -0.15) is 0 Å². The van der Waals surface area contributed by atoms with Crippen molar-refractivity contribution in [2.75, 3.05) is 6.61 Å². The number of carbonyl (C=O) groups is 1. The van der Waals surface area contributed by atoms with Crippen LogP contribution in [0.2, 0.25) is 0 Å². The Balaban J connectivity index is 2.28. The molecule has 1 unspecified atom stereocenters. The van der Waals surface area contributed by atoms with E-state index in [0.717, 1.165) is 24.1 Å². The number of allylic oxidation sites excluding steroid dienone is 1. The molecule has 0 spiro atoms. The molecule has 0 bridgehead atoms. The van der Waals surface area contributed by atoms with Crippen LogP contribution in [0, 0.1) is 0 Å². The van der Waals surface area contributed by atoms with Gasteiger partial charge in [-0.25, -0.2) is 0 Å². The first-order chi connectivity index (χ1) is 11.6. The van der Waals surface area contributed by atoms with Gasteiger partial charge in [0.1, 0.15) is 5.60 Å². The van der Waals surface area contributed by atoms with Gasteiger partial charge in [-0.15, -0.1) is 6.58 Å². The molecular weight excluding hydrogens is 302 g/mol. The van der Waals surface area contributed by atoms with Crippen molar-refractivity contribution in [3.05, 3.63) is 47.7 Å². The van der Waals surface area contributed by atoms with Crippen molar-refractivity contribution in [3.63, 3.8) is 0 Å². The molecule has 0 aliphatic carbocycles. The number of para-hydroxylation sites is 1. The number of carboxylic acids is 1. The van der Waals surface area contributed by atoms with Gasteiger partial charge in [-0.05, 0) is 30.4 Å². The van der Waals surface area contributed by atoms with Crippen molar-refractivity contribution in [1.82, 2.24) is 4.98 Å². The predicted molar refractivity (Wildman–Crippen MR) is 95.4 cm³/mol. The monoisotopic (exact) mass is 327 g/mol. The Morgan fingerprint density at radius 3 is 2.92 bits per heavy atom. The van der Waals surface area contributed by atoms with Crippen molar-refractivity contribution in [3.8, 4) is 0 Å². The lowest BCUT2D eigenvalue weighted by atomic mass is 9.81. The van der Waals surface area contributed by atoms with E-state index in [1.54, 1.807) is 0 Å². The molecule has 24 heavy (non-hydrogen) atoms. The number of aromatic amines is 1. The second kappa shape index (κ2) is 6.44. The molecule has 1 aliphatic heterocycles. The molecule has 1 aromatic heterocycles. The first-order valence-corrected chi connectivity index (χ1v) is 8.66. The van der Waals surface area contributed by atoms with E-state index in [4.69, 9.17) is 4.74 Å². The maximum atomic E-state index is 11.5. The van der Waals surface area contributed by atoms with Gasteiger partial charge in [-0.3, -0.25) is 4.79 Å². The Hall–Kier alpha value is -2.07. The molecule has 0 amide bonds. The smallest absolute Gasteiger partial charge is 0.306 e. The Labute approximate surface area is 142 Å². The Morgan fingerprint density at radius 1 is 1.50 bits per heavy atom. The molecule has 4 nitrogen and oxygen atoms in total. The van der Waals surface area contributed by atoms with E-state index in [1.165, 1.54) is 16.5 Å². The van der Waals surface area contributed by atoms with Gasteiger partial charge < -0.3 is 14.8 Å². The minimum Gasteiger partial charge on any atom is -0.481 e. The van der Waals surface area contributed by atoms with Crippen molar-refractivity contribution in [2.45, 2.75) is 51.0 Å². The molecule has 1 aliphatic rings. The summed E-state index contributed by atoms with van der Waals surface area (Å²) in [6.07, 6.45) is 4.27. The number of hydrogen-bond donors (Lipinski definition) is 2. The van der Waals surface area contributed by atoms with Crippen LogP contribution in [0.4, 0.5) is 0 Å². The van der Waals surface area contributed by atoms with Crippen LogP contribution in [0.1, 0.15) is 55.8 Å². The summed E-state index contributed by atoms with van der Waals surface area (Å²) in [5, 5.41) is 10.6. The second-order valence-electron chi connectivity index (χ2n) is 6.56. The van der Waals surface area contributed by atoms with Gasteiger partial charge in [0.25, 0.3) is 0 Å². The summed E-state index contributed by atoms with van der Waals surface area (Å²) in [6.45, 7) is 8.53. The third-order valence-electron chi connectivity index (χ3n) is 5.22. The van der Waals surface area contributed by atoms with Crippen LogP contribution < -0.4 is 0 Å². The van der Waals surface area contributed by atoms with E-state index in [2.05, 4.69) is 36.7 Å². The van der Waals surface area contributed by atoms with E-state index in [1.807, 2.05) is 13.0 Å². The van der Waals surface area contributed by atoms with E-state index in [9.17, 15) is 9.90 Å². The molecule has 2 atom stereocenters. The molecule has 0 saturated carbocycles. The number of hydrogen-bond acceptors (Lipinski definition) is 2. The molecule has 2 N–H and O–H groups in total. The van der Waals surface area contributed by atoms with Gasteiger partial charge in [0.15, 0.2) is 0 Å². The first-order valence-electron chi connectivity index (χ1n) is 8.66. The Kier molecular flexibility index (Phi) is 4.50. The number of aryl methyl sites for hydroxylation is 1. The first kappa shape index (κ1) is 16.8. The SMILES string of the molecule is C=CC[C@@H]1COC(CC)(CC(=O)O)c2[nH]c3c(CC)cccc3c21. The molecule has 4 heteroatoms. The summed E-state index contributed by atoms with van der Waals surface area (Å²) in [7, 11) is 0. The van der Waals surface area contributed by atoms with E-state index in [0.29, 0.717) is 13.0 Å². The quantitative estimate of drug-likeness (QED) is 0.768. The minimum atomic E-state index is -0.834. The largest absolute Gasteiger partial charge is 0.481 e. The molecule has 0 saturated heterocycles. The van der Waals surface area contributed by atoms with Gasteiger partial charge in [0, 0.05) is 16.8 Å². The zero-order chi connectivity index (χ0) is 17.3. The Morgan fingerprint density at radius 2 is 2.29 bits per heavy atom. The summed E-state index contributed by atoms with van der Waals surface area (Å²) in [6, 6.07) is 6.34. The van der Waals surface area contributed by atoms with Crippen LogP contribution in [-0.2, 0) is 21.6 Å². The van der Waals surface area contributed by atoms with E-state index in [-0.39, 0.29) is 12.3 Å². The van der Waals surface area contributed by atoms with E-state index < -0.39 is 11.6 Å². The molecule has 1 aromatic carbocycles. The lowest BCUT2D eigenvalue weighted by Gasteiger charge is -2.39. The fraction of sp³-hybridized carbons (Fsp3) is 0.450. The number of ether oxygens (including phenoxy) is 1. The normalized spacial score (nSPS) is 23.2. The number of rotatable bonds is 6. The van der Waals surface area contributed by atoms with Crippen molar-refractivity contribution in [1.29, 1.82) is 0 Å². The number of nitrogens with one attached hydrogen (secondary N) is 1. The molecule has 0 fully saturated rings. The topological polar surface area (TPSA) is 62.3 Å². The fourth-order valence-electron chi connectivity index (χ4n) is 3.97. The molecule has 3 rings (SSSR count). The van der Waals surface area contributed by atoms with Crippen molar-refractivity contribution < 1.29 is 14.6 Å². The van der Waals surface area contributed by atoms with Crippen LogP contribution in [0.3, 0.4) is 0 Å². The average molecular weight is 327 g/mol. The van der Waals surface area contributed by atoms with Crippen molar-refractivity contribution in [2.24, 2.45) is 0 Å². The van der Waals surface area contributed by atoms with Crippen LogP contribution >= 0.6 is 0 Å². The minimum absolute atomic E-state index is 0.0222. The highest BCUT2D eigenvalue weighted by Crippen LogP contribution is 2.47. The maximum absolute atomic E-state index is 11.5. The standard InChI is InChI=1S/C20H25NO3/c1-4-8-14-12-24-20(6-3,11-16(22)23)19-17(14)15-10-7-9-13(5-2)18(15)21-19/h4,7,9-10,14,21H,1,5-6,8,11-12H2,2-3H3,(H,22,23)/t14-,20?/m1/s1. The van der Waals surface area contributed by atoms with Crippen molar-refractivity contribution >= 4 is 16.9 Å².